The van der Waals surface area contributed by atoms with Crippen LogP contribution in [0.2, 0.25) is 0 Å². The van der Waals surface area contributed by atoms with Gasteiger partial charge in [-0.1, -0.05) is 19.3 Å². The van der Waals surface area contributed by atoms with Gasteiger partial charge in [0.15, 0.2) is 0 Å². The van der Waals surface area contributed by atoms with Gasteiger partial charge < -0.3 is 10.6 Å². The number of rotatable bonds is 1. The van der Waals surface area contributed by atoms with E-state index in [1.165, 1.54) is 32.1 Å². The molecule has 1 heterocycles. The number of piperazine rings is 1. The van der Waals surface area contributed by atoms with Gasteiger partial charge in [0.05, 0.1) is 6.04 Å². The number of amides is 1. The van der Waals surface area contributed by atoms with E-state index in [1.807, 2.05) is 0 Å². The lowest BCUT2D eigenvalue weighted by Crippen LogP contribution is -2.60. The molecule has 2 fully saturated rings. The first-order valence-corrected chi connectivity index (χ1v) is 5.81. The minimum Gasteiger partial charge on any atom is -0.353 e. The largest absolute Gasteiger partial charge is 0.353 e. The highest BCUT2D eigenvalue weighted by atomic mass is 16.2. The van der Waals surface area contributed by atoms with Crippen LogP contribution in [-0.4, -0.2) is 24.5 Å². The molecule has 0 aromatic rings. The van der Waals surface area contributed by atoms with Gasteiger partial charge in [0, 0.05) is 12.6 Å². The highest BCUT2D eigenvalue weighted by Crippen LogP contribution is 2.27. The van der Waals surface area contributed by atoms with Gasteiger partial charge in [-0.05, 0) is 25.7 Å². The van der Waals surface area contributed by atoms with Gasteiger partial charge in [0.1, 0.15) is 0 Å². The second kappa shape index (κ2) is 4.30. The molecule has 2 atom stereocenters. The summed E-state index contributed by atoms with van der Waals surface area (Å²) >= 11 is 0. The maximum absolute atomic E-state index is 11.7. The van der Waals surface area contributed by atoms with E-state index < -0.39 is 0 Å². The Morgan fingerprint density at radius 1 is 1.21 bits per heavy atom. The molecule has 1 saturated heterocycles. The van der Waals surface area contributed by atoms with Crippen LogP contribution in [0, 0.1) is 5.92 Å². The average Bonchev–Trinajstić information content (AvgIpc) is 2.23. The Morgan fingerprint density at radius 3 is 2.64 bits per heavy atom. The number of carbonyl (C=O) groups excluding carboxylic acids is 1. The predicted octanol–water partition coefficient (Wildman–Crippen LogP) is 1.04. The summed E-state index contributed by atoms with van der Waals surface area (Å²) in [6, 6.07) is 0.513. The lowest BCUT2D eigenvalue weighted by molar-refractivity contribution is -0.126. The van der Waals surface area contributed by atoms with Crippen LogP contribution >= 0.6 is 0 Å². The number of hydrogen-bond acceptors (Lipinski definition) is 2. The van der Waals surface area contributed by atoms with Crippen LogP contribution in [0.25, 0.3) is 0 Å². The SMILES string of the molecule is CC1CNC(=O)C(C2CCCCC2)N1. The zero-order valence-corrected chi connectivity index (χ0v) is 8.88. The van der Waals surface area contributed by atoms with Crippen LogP contribution in [0.4, 0.5) is 0 Å². The van der Waals surface area contributed by atoms with Crippen molar-refractivity contribution in [3.05, 3.63) is 0 Å². The summed E-state index contributed by atoms with van der Waals surface area (Å²) in [5.74, 6) is 0.793. The van der Waals surface area contributed by atoms with Crippen molar-refractivity contribution in [3.8, 4) is 0 Å². The molecule has 0 radical (unpaired) electrons. The smallest absolute Gasteiger partial charge is 0.237 e. The molecular formula is C11H20N2O. The van der Waals surface area contributed by atoms with Crippen LogP contribution in [-0.2, 0) is 4.79 Å². The number of carbonyl (C=O) groups is 1. The van der Waals surface area contributed by atoms with Crippen molar-refractivity contribution < 1.29 is 4.79 Å². The monoisotopic (exact) mass is 196 g/mol. The summed E-state index contributed by atoms with van der Waals surface area (Å²) in [7, 11) is 0. The minimum atomic E-state index is 0.0825. The first kappa shape index (κ1) is 9.97. The van der Waals surface area contributed by atoms with Crippen LogP contribution < -0.4 is 10.6 Å². The van der Waals surface area contributed by atoms with Crippen molar-refractivity contribution in [2.24, 2.45) is 5.92 Å². The van der Waals surface area contributed by atoms with E-state index in [0.29, 0.717) is 12.0 Å². The summed E-state index contributed by atoms with van der Waals surface area (Å²) < 4.78 is 0. The van der Waals surface area contributed by atoms with Crippen LogP contribution in [0.1, 0.15) is 39.0 Å². The minimum absolute atomic E-state index is 0.0825. The third-order valence-electron chi connectivity index (χ3n) is 3.45. The number of hydrogen-bond donors (Lipinski definition) is 2. The van der Waals surface area contributed by atoms with Crippen LogP contribution in [0.3, 0.4) is 0 Å². The van der Waals surface area contributed by atoms with Crippen molar-refractivity contribution in [2.45, 2.75) is 51.1 Å². The Labute approximate surface area is 85.6 Å². The Kier molecular flexibility index (Phi) is 3.06. The fourth-order valence-electron chi connectivity index (χ4n) is 2.62. The van der Waals surface area contributed by atoms with Gasteiger partial charge in [-0.15, -0.1) is 0 Å². The van der Waals surface area contributed by atoms with E-state index in [0.717, 1.165) is 6.54 Å². The van der Waals surface area contributed by atoms with E-state index in [2.05, 4.69) is 17.6 Å². The summed E-state index contributed by atoms with van der Waals surface area (Å²) in [6.45, 7) is 2.91. The van der Waals surface area contributed by atoms with E-state index in [1.54, 1.807) is 0 Å². The highest BCUT2D eigenvalue weighted by molar-refractivity contribution is 5.83. The fourth-order valence-corrected chi connectivity index (χ4v) is 2.62. The molecule has 0 bridgehead atoms. The molecule has 1 aliphatic heterocycles. The van der Waals surface area contributed by atoms with Crippen molar-refractivity contribution in [3.63, 3.8) is 0 Å². The Hall–Kier alpha value is -0.570. The van der Waals surface area contributed by atoms with Crippen molar-refractivity contribution in [1.29, 1.82) is 0 Å². The van der Waals surface area contributed by atoms with Gasteiger partial charge >= 0.3 is 0 Å². The number of nitrogens with one attached hydrogen (secondary N) is 2. The Balaban J connectivity index is 1.96. The van der Waals surface area contributed by atoms with Gasteiger partial charge in [0.25, 0.3) is 0 Å². The second-order valence-electron chi connectivity index (χ2n) is 4.69. The maximum atomic E-state index is 11.7. The van der Waals surface area contributed by atoms with E-state index in [4.69, 9.17) is 0 Å². The Bertz CT molecular complexity index is 211. The summed E-state index contributed by atoms with van der Waals surface area (Å²) in [5, 5.41) is 6.40. The molecule has 0 aromatic heterocycles. The zero-order valence-electron chi connectivity index (χ0n) is 8.88. The van der Waals surface area contributed by atoms with Gasteiger partial charge in [-0.3, -0.25) is 4.79 Å². The van der Waals surface area contributed by atoms with Gasteiger partial charge in [0.2, 0.25) is 5.91 Å². The third-order valence-corrected chi connectivity index (χ3v) is 3.45. The van der Waals surface area contributed by atoms with Gasteiger partial charge in [-0.2, -0.15) is 0 Å². The third kappa shape index (κ3) is 2.08. The second-order valence-corrected chi connectivity index (χ2v) is 4.69. The summed E-state index contributed by atoms with van der Waals surface area (Å²) in [6.07, 6.45) is 6.38. The maximum Gasteiger partial charge on any atom is 0.237 e. The molecule has 80 valence electrons. The molecule has 1 saturated carbocycles. The molecule has 2 aliphatic rings. The highest BCUT2D eigenvalue weighted by Gasteiger charge is 2.32. The molecule has 14 heavy (non-hydrogen) atoms. The molecular weight excluding hydrogens is 176 g/mol. The van der Waals surface area contributed by atoms with Crippen LogP contribution in [0.5, 0.6) is 0 Å². The molecule has 2 unspecified atom stereocenters. The quantitative estimate of drug-likeness (QED) is 0.658. The molecule has 2 N–H and O–H groups in total. The molecule has 0 aromatic carbocycles. The van der Waals surface area contributed by atoms with E-state index >= 15 is 0 Å². The van der Waals surface area contributed by atoms with Gasteiger partial charge in [-0.25, -0.2) is 0 Å². The van der Waals surface area contributed by atoms with Crippen molar-refractivity contribution in [1.82, 2.24) is 10.6 Å². The normalized spacial score (nSPS) is 35.4. The lowest BCUT2D eigenvalue weighted by atomic mass is 9.82. The van der Waals surface area contributed by atoms with Crippen molar-refractivity contribution >= 4 is 5.91 Å². The fraction of sp³-hybridized carbons (Fsp3) is 0.909. The predicted molar refractivity (Wildman–Crippen MR) is 56.0 cm³/mol. The summed E-state index contributed by atoms with van der Waals surface area (Å²) in [5.41, 5.74) is 0. The molecule has 0 spiro atoms. The molecule has 2 rings (SSSR count). The van der Waals surface area contributed by atoms with Crippen LogP contribution in [0.15, 0.2) is 0 Å². The lowest BCUT2D eigenvalue weighted by Gasteiger charge is -2.35. The molecule has 1 aliphatic carbocycles. The molecule has 3 heteroatoms. The van der Waals surface area contributed by atoms with Crippen molar-refractivity contribution in [2.75, 3.05) is 6.54 Å². The zero-order chi connectivity index (χ0) is 9.97. The molecule has 3 nitrogen and oxygen atoms in total. The Morgan fingerprint density at radius 2 is 1.93 bits per heavy atom. The van der Waals surface area contributed by atoms with E-state index in [9.17, 15) is 4.79 Å². The standard InChI is InChI=1S/C11H20N2O/c1-8-7-12-11(14)10(13-8)9-5-3-2-4-6-9/h8-10,13H,2-7H2,1H3,(H,12,14). The van der Waals surface area contributed by atoms with E-state index in [-0.39, 0.29) is 11.9 Å². The topological polar surface area (TPSA) is 41.1 Å². The average molecular weight is 196 g/mol. The first-order valence-electron chi connectivity index (χ1n) is 5.81. The summed E-state index contributed by atoms with van der Waals surface area (Å²) in [4.78, 5) is 11.7. The first-order chi connectivity index (χ1) is 6.77. The molecule has 1 amide bonds.